The summed E-state index contributed by atoms with van der Waals surface area (Å²) in [5.74, 6) is 0. The highest BCUT2D eigenvalue weighted by molar-refractivity contribution is 9.10. The maximum absolute atomic E-state index is 3.60. The van der Waals surface area contributed by atoms with Gasteiger partial charge in [-0.3, -0.25) is 0 Å². The van der Waals surface area contributed by atoms with Gasteiger partial charge in [0.2, 0.25) is 0 Å². The fourth-order valence-electron chi connectivity index (χ4n) is 2.26. The van der Waals surface area contributed by atoms with Crippen LogP contribution >= 0.6 is 27.3 Å². The third-order valence-electron chi connectivity index (χ3n) is 3.12. The summed E-state index contributed by atoms with van der Waals surface area (Å²) >= 11 is 5.51. The van der Waals surface area contributed by atoms with Gasteiger partial charge >= 0.3 is 0 Å². The van der Waals surface area contributed by atoms with E-state index in [1.165, 1.54) is 20.9 Å². The molecule has 0 amide bonds. The smallest absolute Gasteiger partial charge is 0.0671 e. The second kappa shape index (κ2) is 6.69. The van der Waals surface area contributed by atoms with Crippen molar-refractivity contribution in [3.63, 3.8) is 0 Å². The Balaban J connectivity index is 2.38. The van der Waals surface area contributed by atoms with Gasteiger partial charge < -0.3 is 5.32 Å². The number of aryl methyl sites for hydroxylation is 2. The third-order valence-corrected chi connectivity index (χ3v) is 4.87. The van der Waals surface area contributed by atoms with Gasteiger partial charge in [-0.05, 0) is 55.3 Å². The SMILES string of the molecule is CCNC(c1cc(C)cc(Br)c1)c1ccc(CC)s1. The molecular formula is C16H20BrNS. The number of halogens is 1. The molecule has 0 saturated heterocycles. The molecule has 102 valence electrons. The van der Waals surface area contributed by atoms with Crippen LogP contribution < -0.4 is 5.32 Å². The minimum absolute atomic E-state index is 0.298. The fraction of sp³-hybridized carbons (Fsp3) is 0.375. The van der Waals surface area contributed by atoms with E-state index in [0.29, 0.717) is 6.04 Å². The molecule has 1 nitrogen and oxygen atoms in total. The van der Waals surface area contributed by atoms with Gasteiger partial charge in [0.1, 0.15) is 0 Å². The molecule has 0 aliphatic rings. The first-order valence-electron chi connectivity index (χ1n) is 6.73. The van der Waals surface area contributed by atoms with Crippen LogP contribution in [-0.4, -0.2) is 6.54 Å². The molecule has 1 N–H and O–H groups in total. The molecule has 1 aromatic heterocycles. The summed E-state index contributed by atoms with van der Waals surface area (Å²) in [7, 11) is 0. The monoisotopic (exact) mass is 337 g/mol. The van der Waals surface area contributed by atoms with E-state index in [-0.39, 0.29) is 0 Å². The van der Waals surface area contributed by atoms with Crippen LogP contribution in [0.25, 0.3) is 0 Å². The second-order valence-electron chi connectivity index (χ2n) is 4.71. The van der Waals surface area contributed by atoms with Gasteiger partial charge in [0.25, 0.3) is 0 Å². The minimum atomic E-state index is 0.298. The van der Waals surface area contributed by atoms with Crippen LogP contribution in [0.1, 0.15) is 40.8 Å². The number of hydrogen-bond acceptors (Lipinski definition) is 2. The lowest BCUT2D eigenvalue weighted by Crippen LogP contribution is -2.21. The molecule has 1 unspecified atom stereocenters. The average molecular weight is 338 g/mol. The maximum atomic E-state index is 3.60. The zero-order chi connectivity index (χ0) is 13.8. The summed E-state index contributed by atoms with van der Waals surface area (Å²) in [5, 5.41) is 3.60. The Kier molecular flexibility index (Phi) is 5.20. The molecule has 2 rings (SSSR count). The molecule has 2 aromatic rings. The van der Waals surface area contributed by atoms with E-state index in [0.717, 1.165) is 17.4 Å². The number of nitrogens with one attached hydrogen (secondary N) is 1. The Morgan fingerprint density at radius 3 is 2.58 bits per heavy atom. The highest BCUT2D eigenvalue weighted by Crippen LogP contribution is 2.30. The van der Waals surface area contributed by atoms with Gasteiger partial charge in [0, 0.05) is 14.2 Å². The molecular weight excluding hydrogens is 318 g/mol. The number of benzene rings is 1. The molecule has 0 spiro atoms. The largest absolute Gasteiger partial charge is 0.306 e. The zero-order valence-electron chi connectivity index (χ0n) is 11.7. The van der Waals surface area contributed by atoms with Crippen LogP contribution in [0.3, 0.4) is 0 Å². The van der Waals surface area contributed by atoms with Gasteiger partial charge in [0.15, 0.2) is 0 Å². The summed E-state index contributed by atoms with van der Waals surface area (Å²) in [6.45, 7) is 7.48. The summed E-state index contributed by atoms with van der Waals surface area (Å²) < 4.78 is 1.15. The summed E-state index contributed by atoms with van der Waals surface area (Å²) in [4.78, 5) is 2.85. The maximum Gasteiger partial charge on any atom is 0.0671 e. The number of thiophene rings is 1. The molecule has 19 heavy (non-hydrogen) atoms. The van der Waals surface area contributed by atoms with Crippen molar-refractivity contribution in [1.29, 1.82) is 0 Å². The average Bonchev–Trinajstić information content (AvgIpc) is 2.83. The second-order valence-corrected chi connectivity index (χ2v) is 6.83. The summed E-state index contributed by atoms with van der Waals surface area (Å²) in [6, 6.07) is 11.4. The molecule has 1 aromatic carbocycles. The van der Waals surface area contributed by atoms with E-state index in [4.69, 9.17) is 0 Å². The van der Waals surface area contributed by atoms with Crippen molar-refractivity contribution in [2.24, 2.45) is 0 Å². The topological polar surface area (TPSA) is 12.0 Å². The molecule has 3 heteroatoms. The van der Waals surface area contributed by atoms with Gasteiger partial charge in [-0.1, -0.05) is 35.8 Å². The Hall–Kier alpha value is -0.640. The number of hydrogen-bond donors (Lipinski definition) is 1. The van der Waals surface area contributed by atoms with Crippen LogP contribution in [0.2, 0.25) is 0 Å². The summed E-state index contributed by atoms with van der Waals surface area (Å²) in [5.41, 5.74) is 2.62. The highest BCUT2D eigenvalue weighted by atomic mass is 79.9. The highest BCUT2D eigenvalue weighted by Gasteiger charge is 2.15. The van der Waals surface area contributed by atoms with Crippen molar-refractivity contribution < 1.29 is 0 Å². The molecule has 0 saturated carbocycles. The quantitative estimate of drug-likeness (QED) is 0.802. The zero-order valence-corrected chi connectivity index (χ0v) is 14.1. The van der Waals surface area contributed by atoms with E-state index in [2.05, 4.69) is 72.3 Å². The van der Waals surface area contributed by atoms with E-state index in [1.54, 1.807) is 0 Å². The van der Waals surface area contributed by atoms with Crippen molar-refractivity contribution in [2.45, 2.75) is 33.2 Å². The molecule has 0 fully saturated rings. The Morgan fingerprint density at radius 2 is 2.00 bits per heavy atom. The predicted molar refractivity (Wildman–Crippen MR) is 88.1 cm³/mol. The molecule has 0 aliphatic heterocycles. The number of rotatable bonds is 5. The molecule has 0 radical (unpaired) electrons. The van der Waals surface area contributed by atoms with Gasteiger partial charge in [0.05, 0.1) is 6.04 Å². The first-order valence-corrected chi connectivity index (χ1v) is 8.34. The van der Waals surface area contributed by atoms with E-state index in [1.807, 2.05) is 11.3 Å². The van der Waals surface area contributed by atoms with Crippen LogP contribution in [0.15, 0.2) is 34.8 Å². The standard InChI is InChI=1S/C16H20BrNS/c1-4-14-6-7-15(19-14)16(18-5-2)12-8-11(3)9-13(17)10-12/h6-10,16,18H,4-5H2,1-3H3. The van der Waals surface area contributed by atoms with Crippen LogP contribution in [0, 0.1) is 6.92 Å². The molecule has 1 atom stereocenters. The first-order chi connectivity index (χ1) is 9.13. The van der Waals surface area contributed by atoms with Crippen molar-refractivity contribution in [1.82, 2.24) is 5.32 Å². The normalized spacial score (nSPS) is 12.6. The van der Waals surface area contributed by atoms with Gasteiger partial charge in [-0.25, -0.2) is 0 Å². The predicted octanol–water partition coefficient (Wildman–Crippen LogP) is 5.08. The Morgan fingerprint density at radius 1 is 1.21 bits per heavy atom. The Labute approximate surface area is 128 Å². The fourth-order valence-corrected chi connectivity index (χ4v) is 3.94. The van der Waals surface area contributed by atoms with E-state index >= 15 is 0 Å². The van der Waals surface area contributed by atoms with Gasteiger partial charge in [-0.15, -0.1) is 11.3 Å². The Bertz CT molecular complexity index is 527. The lowest BCUT2D eigenvalue weighted by Gasteiger charge is -2.18. The van der Waals surface area contributed by atoms with Crippen LogP contribution in [0.4, 0.5) is 0 Å². The lowest BCUT2D eigenvalue weighted by molar-refractivity contribution is 0.639. The van der Waals surface area contributed by atoms with E-state index in [9.17, 15) is 0 Å². The molecule has 0 bridgehead atoms. The van der Waals surface area contributed by atoms with Crippen molar-refractivity contribution in [3.8, 4) is 0 Å². The third kappa shape index (κ3) is 3.68. The minimum Gasteiger partial charge on any atom is -0.306 e. The van der Waals surface area contributed by atoms with Crippen molar-refractivity contribution in [3.05, 3.63) is 55.7 Å². The van der Waals surface area contributed by atoms with Crippen molar-refractivity contribution in [2.75, 3.05) is 6.54 Å². The lowest BCUT2D eigenvalue weighted by atomic mass is 10.0. The van der Waals surface area contributed by atoms with Crippen LogP contribution in [-0.2, 0) is 6.42 Å². The van der Waals surface area contributed by atoms with Crippen LogP contribution in [0.5, 0.6) is 0 Å². The first kappa shape index (κ1) is 14.8. The summed E-state index contributed by atoms with van der Waals surface area (Å²) in [6.07, 6.45) is 1.11. The molecule has 1 heterocycles. The van der Waals surface area contributed by atoms with Crippen molar-refractivity contribution >= 4 is 27.3 Å². The van der Waals surface area contributed by atoms with E-state index < -0.39 is 0 Å². The molecule has 0 aliphatic carbocycles. The van der Waals surface area contributed by atoms with Gasteiger partial charge in [-0.2, -0.15) is 0 Å².